The van der Waals surface area contributed by atoms with Gasteiger partial charge in [-0.1, -0.05) is 42.5 Å². The number of unbranched alkanes of at least 4 members (excludes halogenated alkanes) is 1. The molecule has 0 spiro atoms. The number of hydrogen-bond acceptors (Lipinski definition) is 2. The maximum atomic E-state index is 5.67. The second kappa shape index (κ2) is 7.59. The Balaban J connectivity index is 1.56. The van der Waals surface area contributed by atoms with Crippen molar-refractivity contribution in [2.75, 3.05) is 12.3 Å². The lowest BCUT2D eigenvalue weighted by molar-refractivity contribution is 0.623. The van der Waals surface area contributed by atoms with Crippen molar-refractivity contribution in [2.45, 2.75) is 25.8 Å². The summed E-state index contributed by atoms with van der Waals surface area (Å²) >= 11 is 0. The molecule has 0 heterocycles. The van der Waals surface area contributed by atoms with E-state index in [-0.39, 0.29) is 0 Å². The predicted octanol–water partition coefficient (Wildman–Crippen LogP) is 3.38. The normalized spacial score (nSPS) is 10.5. The molecule has 0 saturated heterocycles. The fraction of sp³-hybridized carbons (Fsp3) is 0.294. The molecule has 0 aromatic heterocycles. The zero-order valence-corrected chi connectivity index (χ0v) is 11.3. The van der Waals surface area contributed by atoms with E-state index in [0.29, 0.717) is 0 Å². The molecule has 2 nitrogen and oxygen atoms in total. The maximum Gasteiger partial charge on any atom is 0.0314 e. The van der Waals surface area contributed by atoms with Gasteiger partial charge in [0.15, 0.2) is 0 Å². The van der Waals surface area contributed by atoms with Gasteiger partial charge >= 0.3 is 0 Å². The van der Waals surface area contributed by atoms with Crippen LogP contribution in [-0.2, 0) is 13.0 Å². The Bertz CT molecular complexity index is 462. The molecule has 2 aromatic carbocycles. The molecule has 0 radical (unpaired) electrons. The summed E-state index contributed by atoms with van der Waals surface area (Å²) in [4.78, 5) is 0. The monoisotopic (exact) mass is 254 g/mol. The van der Waals surface area contributed by atoms with Crippen LogP contribution in [0.4, 0.5) is 5.69 Å². The Labute approximate surface area is 115 Å². The largest absolute Gasteiger partial charge is 0.399 e. The Kier molecular flexibility index (Phi) is 5.45. The van der Waals surface area contributed by atoms with Gasteiger partial charge in [-0.3, -0.25) is 0 Å². The Morgan fingerprint density at radius 1 is 0.789 bits per heavy atom. The predicted molar refractivity (Wildman–Crippen MR) is 81.9 cm³/mol. The highest BCUT2D eigenvalue weighted by Crippen LogP contribution is 2.08. The zero-order valence-electron chi connectivity index (χ0n) is 11.3. The summed E-state index contributed by atoms with van der Waals surface area (Å²) in [5.41, 5.74) is 9.23. The number of anilines is 1. The number of hydrogen-bond donors (Lipinski definition) is 2. The van der Waals surface area contributed by atoms with Crippen LogP contribution in [-0.4, -0.2) is 6.54 Å². The van der Waals surface area contributed by atoms with Gasteiger partial charge in [0.1, 0.15) is 0 Å². The Morgan fingerprint density at radius 3 is 2.26 bits per heavy atom. The topological polar surface area (TPSA) is 38.0 Å². The summed E-state index contributed by atoms with van der Waals surface area (Å²) in [6.45, 7) is 2.03. The fourth-order valence-corrected chi connectivity index (χ4v) is 2.09. The van der Waals surface area contributed by atoms with Crippen molar-refractivity contribution < 1.29 is 0 Å². The molecule has 2 rings (SSSR count). The second-order valence-corrected chi connectivity index (χ2v) is 4.86. The van der Waals surface area contributed by atoms with Crippen LogP contribution in [0.1, 0.15) is 24.0 Å². The van der Waals surface area contributed by atoms with Crippen molar-refractivity contribution >= 4 is 5.69 Å². The van der Waals surface area contributed by atoms with E-state index in [4.69, 9.17) is 5.73 Å². The fourth-order valence-electron chi connectivity index (χ4n) is 2.09. The molecule has 0 saturated carbocycles. The lowest BCUT2D eigenvalue weighted by Crippen LogP contribution is -2.14. The quantitative estimate of drug-likeness (QED) is 0.587. The average molecular weight is 254 g/mol. The number of benzene rings is 2. The van der Waals surface area contributed by atoms with Gasteiger partial charge in [-0.25, -0.2) is 0 Å². The van der Waals surface area contributed by atoms with E-state index in [1.165, 1.54) is 24.0 Å². The van der Waals surface area contributed by atoms with Crippen LogP contribution in [0.2, 0.25) is 0 Å². The second-order valence-electron chi connectivity index (χ2n) is 4.86. The molecule has 0 atom stereocenters. The highest BCUT2D eigenvalue weighted by atomic mass is 14.8. The minimum absolute atomic E-state index is 0.841. The van der Waals surface area contributed by atoms with Crippen molar-refractivity contribution in [3.63, 3.8) is 0 Å². The number of nitrogens with one attached hydrogen (secondary N) is 1. The molecule has 0 unspecified atom stereocenters. The van der Waals surface area contributed by atoms with Crippen molar-refractivity contribution in [1.29, 1.82) is 0 Å². The summed E-state index contributed by atoms with van der Waals surface area (Å²) in [5, 5.41) is 3.48. The molecule has 2 heteroatoms. The van der Waals surface area contributed by atoms with Crippen LogP contribution < -0.4 is 11.1 Å². The van der Waals surface area contributed by atoms with Crippen molar-refractivity contribution in [1.82, 2.24) is 5.32 Å². The van der Waals surface area contributed by atoms with Crippen LogP contribution in [0.15, 0.2) is 54.6 Å². The van der Waals surface area contributed by atoms with Crippen molar-refractivity contribution in [2.24, 2.45) is 0 Å². The first-order chi connectivity index (χ1) is 9.34. The molecule has 0 aliphatic carbocycles. The third-order valence-corrected chi connectivity index (χ3v) is 3.22. The van der Waals surface area contributed by atoms with E-state index < -0.39 is 0 Å². The van der Waals surface area contributed by atoms with E-state index in [1.807, 2.05) is 12.1 Å². The van der Waals surface area contributed by atoms with E-state index in [1.54, 1.807) is 0 Å². The van der Waals surface area contributed by atoms with Gasteiger partial charge in [-0.2, -0.15) is 0 Å². The molecular weight excluding hydrogens is 232 g/mol. The van der Waals surface area contributed by atoms with Crippen LogP contribution >= 0.6 is 0 Å². The van der Waals surface area contributed by atoms with Gasteiger partial charge in [0, 0.05) is 12.2 Å². The van der Waals surface area contributed by atoms with Crippen LogP contribution in [0.5, 0.6) is 0 Å². The van der Waals surface area contributed by atoms with E-state index >= 15 is 0 Å². The standard InChI is InChI=1S/C17H22N2/c18-17-11-9-15(10-12-17)6-4-5-13-19-14-16-7-2-1-3-8-16/h1-3,7-12,19H,4-6,13-14,18H2. The molecule has 0 amide bonds. The lowest BCUT2D eigenvalue weighted by Gasteiger charge is -2.05. The molecule has 100 valence electrons. The number of aryl methyl sites for hydroxylation is 1. The Hall–Kier alpha value is -1.80. The summed E-state index contributed by atoms with van der Waals surface area (Å²) in [6.07, 6.45) is 3.55. The average Bonchev–Trinajstić information content (AvgIpc) is 2.46. The third kappa shape index (κ3) is 5.14. The van der Waals surface area contributed by atoms with E-state index in [2.05, 4.69) is 47.8 Å². The maximum absolute atomic E-state index is 5.67. The molecule has 19 heavy (non-hydrogen) atoms. The van der Waals surface area contributed by atoms with Gasteiger partial charge in [-0.05, 0) is 49.1 Å². The molecular formula is C17H22N2. The Morgan fingerprint density at radius 2 is 1.53 bits per heavy atom. The summed E-state index contributed by atoms with van der Waals surface area (Å²) in [5.74, 6) is 0. The molecule has 0 aliphatic rings. The number of nitrogen functional groups attached to an aromatic ring is 1. The van der Waals surface area contributed by atoms with Gasteiger partial charge in [-0.15, -0.1) is 0 Å². The first-order valence-corrected chi connectivity index (χ1v) is 6.93. The summed E-state index contributed by atoms with van der Waals surface area (Å²) < 4.78 is 0. The van der Waals surface area contributed by atoms with Crippen molar-refractivity contribution in [3.8, 4) is 0 Å². The van der Waals surface area contributed by atoms with Crippen LogP contribution in [0, 0.1) is 0 Å². The lowest BCUT2D eigenvalue weighted by atomic mass is 10.1. The molecule has 0 bridgehead atoms. The van der Waals surface area contributed by atoms with Crippen molar-refractivity contribution in [3.05, 3.63) is 65.7 Å². The van der Waals surface area contributed by atoms with Gasteiger partial charge < -0.3 is 11.1 Å². The zero-order chi connectivity index (χ0) is 13.3. The molecule has 0 aliphatic heterocycles. The van der Waals surface area contributed by atoms with Crippen LogP contribution in [0.25, 0.3) is 0 Å². The first kappa shape index (κ1) is 13.6. The van der Waals surface area contributed by atoms with E-state index in [9.17, 15) is 0 Å². The first-order valence-electron chi connectivity index (χ1n) is 6.93. The van der Waals surface area contributed by atoms with Gasteiger partial charge in [0.2, 0.25) is 0 Å². The SMILES string of the molecule is Nc1ccc(CCCCNCc2ccccc2)cc1. The van der Waals surface area contributed by atoms with E-state index in [0.717, 1.165) is 25.2 Å². The number of rotatable bonds is 7. The molecule has 2 aromatic rings. The minimum Gasteiger partial charge on any atom is -0.399 e. The highest BCUT2D eigenvalue weighted by molar-refractivity contribution is 5.39. The summed E-state index contributed by atoms with van der Waals surface area (Å²) in [6, 6.07) is 18.7. The van der Waals surface area contributed by atoms with Crippen LogP contribution in [0.3, 0.4) is 0 Å². The van der Waals surface area contributed by atoms with Gasteiger partial charge in [0.05, 0.1) is 0 Å². The minimum atomic E-state index is 0.841. The third-order valence-electron chi connectivity index (χ3n) is 3.22. The van der Waals surface area contributed by atoms with Gasteiger partial charge in [0.25, 0.3) is 0 Å². The molecule has 0 fully saturated rings. The molecule has 3 N–H and O–H groups in total. The smallest absolute Gasteiger partial charge is 0.0314 e. The number of nitrogens with two attached hydrogens (primary N) is 1. The summed E-state index contributed by atoms with van der Waals surface area (Å²) in [7, 11) is 0. The highest BCUT2D eigenvalue weighted by Gasteiger charge is 1.94.